The molecule has 0 bridgehead atoms. The number of nitrogens with one attached hydrogen (secondary N) is 1. The first-order valence-electron chi connectivity index (χ1n) is 13.9. The molecule has 0 aliphatic carbocycles. The van der Waals surface area contributed by atoms with Crippen molar-refractivity contribution in [2.24, 2.45) is 0 Å². The van der Waals surface area contributed by atoms with Crippen LogP contribution in [0.3, 0.4) is 0 Å². The lowest BCUT2D eigenvalue weighted by Crippen LogP contribution is -2.47. The number of carbonyl (C=O) groups is 2. The maximum Gasteiger partial charge on any atom is 0.322 e. The van der Waals surface area contributed by atoms with Crippen LogP contribution in [0.4, 0.5) is 10.5 Å². The van der Waals surface area contributed by atoms with Crippen molar-refractivity contribution in [2.45, 2.75) is 32.7 Å². The van der Waals surface area contributed by atoms with Crippen LogP contribution >= 0.6 is 27.3 Å². The number of thiophene rings is 1. The zero-order valence-electron chi connectivity index (χ0n) is 24.0. The number of aryl methyl sites for hydroxylation is 1. The maximum absolute atomic E-state index is 13.9. The van der Waals surface area contributed by atoms with Gasteiger partial charge in [-0.15, -0.1) is 11.3 Å². The number of nitrogens with zero attached hydrogens (tertiary/aromatic N) is 3. The summed E-state index contributed by atoms with van der Waals surface area (Å²) < 4.78 is 11.6. The molecule has 1 N–H and O–H groups in total. The maximum atomic E-state index is 13.9. The van der Waals surface area contributed by atoms with E-state index >= 15 is 0 Å². The molecule has 2 aromatic carbocycles. The SMILES string of the molecule is COc1ccc(CCN(Cc2sccc2C)C(=O)CN(CCN2CCCC2)C(=O)Nc2ccccc2Br)cc1OC. The van der Waals surface area contributed by atoms with Crippen molar-refractivity contribution in [3.8, 4) is 11.5 Å². The van der Waals surface area contributed by atoms with E-state index in [0.29, 0.717) is 43.2 Å². The van der Waals surface area contributed by atoms with Gasteiger partial charge in [0.1, 0.15) is 6.54 Å². The number of carbonyl (C=O) groups excluding carboxylic acids is 2. The predicted octanol–water partition coefficient (Wildman–Crippen LogP) is 6.04. The van der Waals surface area contributed by atoms with Crippen LogP contribution in [0.1, 0.15) is 28.8 Å². The first-order valence-corrected chi connectivity index (χ1v) is 15.6. The highest BCUT2D eigenvalue weighted by molar-refractivity contribution is 9.10. The topological polar surface area (TPSA) is 74.4 Å². The Kier molecular flexibility index (Phi) is 11.5. The smallest absolute Gasteiger partial charge is 0.322 e. The van der Waals surface area contributed by atoms with E-state index in [1.54, 1.807) is 30.5 Å². The summed E-state index contributed by atoms with van der Waals surface area (Å²) in [6.07, 6.45) is 2.99. The normalized spacial score (nSPS) is 13.2. The Morgan fingerprint density at radius 1 is 1.00 bits per heavy atom. The number of likely N-dealkylation sites (tertiary alicyclic amines) is 1. The van der Waals surface area contributed by atoms with Crippen molar-refractivity contribution in [3.05, 3.63) is 74.4 Å². The summed E-state index contributed by atoms with van der Waals surface area (Å²) in [4.78, 5) is 34.4. The summed E-state index contributed by atoms with van der Waals surface area (Å²) in [5, 5.41) is 5.04. The fourth-order valence-electron chi connectivity index (χ4n) is 4.87. The Morgan fingerprint density at radius 3 is 2.44 bits per heavy atom. The van der Waals surface area contributed by atoms with Gasteiger partial charge in [0.2, 0.25) is 5.91 Å². The van der Waals surface area contributed by atoms with Crippen molar-refractivity contribution in [1.82, 2.24) is 14.7 Å². The summed E-state index contributed by atoms with van der Waals surface area (Å²) in [5.41, 5.74) is 2.88. The minimum atomic E-state index is -0.281. The third-order valence-corrected chi connectivity index (χ3v) is 9.09. The van der Waals surface area contributed by atoms with Crippen molar-refractivity contribution < 1.29 is 19.1 Å². The molecule has 2 heterocycles. The summed E-state index contributed by atoms with van der Waals surface area (Å²) in [6.45, 7) is 6.36. The number of methoxy groups -OCH3 is 2. The summed E-state index contributed by atoms with van der Waals surface area (Å²) in [7, 11) is 3.23. The van der Waals surface area contributed by atoms with Gasteiger partial charge in [-0.25, -0.2) is 4.79 Å². The fourth-order valence-corrected chi connectivity index (χ4v) is 6.18. The molecule has 1 fully saturated rings. The van der Waals surface area contributed by atoms with Crippen LogP contribution in [-0.2, 0) is 17.8 Å². The molecule has 3 amide bonds. The number of amides is 3. The minimum Gasteiger partial charge on any atom is -0.493 e. The second kappa shape index (κ2) is 15.2. The van der Waals surface area contributed by atoms with E-state index in [-0.39, 0.29) is 18.5 Å². The van der Waals surface area contributed by atoms with E-state index in [0.717, 1.165) is 40.1 Å². The zero-order chi connectivity index (χ0) is 29.2. The Balaban J connectivity index is 1.50. The van der Waals surface area contributed by atoms with E-state index in [2.05, 4.69) is 44.5 Å². The van der Waals surface area contributed by atoms with E-state index in [1.165, 1.54) is 12.8 Å². The Bertz CT molecular complexity index is 1310. The van der Waals surface area contributed by atoms with Crippen molar-refractivity contribution in [3.63, 3.8) is 0 Å². The van der Waals surface area contributed by atoms with E-state index in [1.807, 2.05) is 47.4 Å². The molecule has 0 unspecified atom stereocenters. The lowest BCUT2D eigenvalue weighted by Gasteiger charge is -2.29. The average molecular weight is 644 g/mol. The van der Waals surface area contributed by atoms with Gasteiger partial charge in [0, 0.05) is 29.0 Å². The van der Waals surface area contributed by atoms with Gasteiger partial charge in [-0.1, -0.05) is 18.2 Å². The van der Waals surface area contributed by atoms with Gasteiger partial charge in [-0.2, -0.15) is 0 Å². The highest BCUT2D eigenvalue weighted by atomic mass is 79.9. The molecule has 3 aromatic rings. The molecular formula is C31H39BrN4O4S. The zero-order valence-corrected chi connectivity index (χ0v) is 26.4. The molecule has 1 aliphatic rings. The molecule has 4 rings (SSSR count). The molecule has 8 nitrogen and oxygen atoms in total. The molecule has 41 heavy (non-hydrogen) atoms. The monoisotopic (exact) mass is 642 g/mol. The quantitative estimate of drug-likeness (QED) is 0.246. The third kappa shape index (κ3) is 8.70. The number of halogens is 1. The number of para-hydroxylation sites is 1. The second-order valence-electron chi connectivity index (χ2n) is 10.2. The number of hydrogen-bond acceptors (Lipinski definition) is 6. The number of urea groups is 1. The van der Waals surface area contributed by atoms with E-state index < -0.39 is 0 Å². The molecule has 1 saturated heterocycles. The highest BCUT2D eigenvalue weighted by Gasteiger charge is 2.24. The highest BCUT2D eigenvalue weighted by Crippen LogP contribution is 2.28. The molecule has 220 valence electrons. The van der Waals surface area contributed by atoms with E-state index in [4.69, 9.17) is 9.47 Å². The van der Waals surface area contributed by atoms with Crippen LogP contribution in [0.2, 0.25) is 0 Å². The lowest BCUT2D eigenvalue weighted by molar-refractivity contribution is -0.132. The van der Waals surface area contributed by atoms with Gasteiger partial charge in [-0.3, -0.25) is 4.79 Å². The lowest BCUT2D eigenvalue weighted by atomic mass is 10.1. The Hall–Kier alpha value is -3.08. The first kappa shape index (κ1) is 30.9. The molecule has 0 radical (unpaired) electrons. The summed E-state index contributed by atoms with van der Waals surface area (Å²) in [6, 6.07) is 15.1. The molecular weight excluding hydrogens is 604 g/mol. The molecule has 1 aromatic heterocycles. The van der Waals surface area contributed by atoms with Crippen molar-refractivity contribution in [2.75, 3.05) is 58.8 Å². The number of rotatable bonds is 13. The predicted molar refractivity (Wildman–Crippen MR) is 168 cm³/mol. The van der Waals surface area contributed by atoms with Crippen molar-refractivity contribution >= 4 is 44.9 Å². The number of hydrogen-bond donors (Lipinski definition) is 1. The molecule has 0 atom stereocenters. The van der Waals surface area contributed by atoms with Gasteiger partial charge in [0.05, 0.1) is 26.5 Å². The fraction of sp³-hybridized carbons (Fsp3) is 0.419. The molecule has 10 heteroatoms. The van der Waals surface area contributed by atoms with Crippen LogP contribution in [-0.4, -0.2) is 80.1 Å². The van der Waals surface area contributed by atoms with Gasteiger partial charge in [0.15, 0.2) is 11.5 Å². The van der Waals surface area contributed by atoms with Crippen LogP contribution < -0.4 is 14.8 Å². The van der Waals surface area contributed by atoms with E-state index in [9.17, 15) is 9.59 Å². The van der Waals surface area contributed by atoms with Crippen molar-refractivity contribution in [1.29, 1.82) is 0 Å². The third-order valence-electron chi connectivity index (χ3n) is 7.39. The Labute approximate surface area is 255 Å². The van der Waals surface area contributed by atoms with Crippen LogP contribution in [0, 0.1) is 6.92 Å². The molecule has 0 spiro atoms. The summed E-state index contributed by atoms with van der Waals surface area (Å²) >= 11 is 5.16. The van der Waals surface area contributed by atoms with Crippen LogP contribution in [0.15, 0.2) is 58.4 Å². The van der Waals surface area contributed by atoms with Gasteiger partial charge >= 0.3 is 6.03 Å². The Morgan fingerprint density at radius 2 is 1.76 bits per heavy atom. The second-order valence-corrected chi connectivity index (χ2v) is 12.0. The van der Waals surface area contributed by atoms with Crippen LogP contribution in [0.5, 0.6) is 11.5 Å². The number of anilines is 1. The van der Waals surface area contributed by atoms with Crippen LogP contribution in [0.25, 0.3) is 0 Å². The summed E-state index contributed by atoms with van der Waals surface area (Å²) in [5.74, 6) is 1.25. The molecule has 1 aliphatic heterocycles. The average Bonchev–Trinajstić information content (AvgIpc) is 3.65. The van der Waals surface area contributed by atoms with Gasteiger partial charge in [-0.05, 0) is 102 Å². The minimum absolute atomic E-state index is 0.000479. The first-order chi connectivity index (χ1) is 19.9. The standard InChI is InChI=1S/C31H39BrN4O4S/c1-23-13-19-41-29(23)21-35(16-12-24-10-11-27(39-2)28(20-24)40-3)30(37)22-36(18-17-34-14-6-7-15-34)31(38)33-26-9-5-4-8-25(26)32/h4-5,8-11,13,19-20H,6-7,12,14-18,21-22H2,1-3H3,(H,33,38). The number of ether oxygens (including phenoxy) is 2. The number of benzene rings is 2. The van der Waals surface area contributed by atoms with Gasteiger partial charge < -0.3 is 29.5 Å². The van der Waals surface area contributed by atoms with Gasteiger partial charge in [0.25, 0.3) is 0 Å². The largest absolute Gasteiger partial charge is 0.493 e. The molecule has 0 saturated carbocycles.